The third kappa shape index (κ3) is 3.81. The summed E-state index contributed by atoms with van der Waals surface area (Å²) >= 11 is 2.73. The number of hydrogen-bond acceptors (Lipinski definition) is 8. The fourth-order valence-electron chi connectivity index (χ4n) is 5.38. The van der Waals surface area contributed by atoms with Crippen molar-refractivity contribution >= 4 is 68.4 Å². The molecule has 1 saturated carbocycles. The Morgan fingerprint density at radius 2 is 1.78 bits per heavy atom. The van der Waals surface area contributed by atoms with Crippen LogP contribution < -0.4 is 10.2 Å². The molecule has 0 spiro atoms. The number of carbonyl (C=O) groups is 4. The van der Waals surface area contributed by atoms with Crippen molar-refractivity contribution in [3.05, 3.63) is 60.2 Å². The van der Waals surface area contributed by atoms with Gasteiger partial charge in [0.2, 0.25) is 17.7 Å². The quantitative estimate of drug-likeness (QED) is 0.226. The number of aromatic nitrogens is 1. The highest BCUT2D eigenvalue weighted by Gasteiger charge is 2.59. The number of carbonyl (C=O) groups excluding carboxylic acids is 4. The number of benzene rings is 2. The highest BCUT2D eigenvalue weighted by atomic mass is 32.2. The lowest BCUT2D eigenvalue weighted by molar-refractivity contribution is -0.123. The molecule has 2 aromatic carbocycles. The van der Waals surface area contributed by atoms with Crippen molar-refractivity contribution in [1.82, 2.24) is 4.98 Å². The Morgan fingerprint density at radius 1 is 1.08 bits per heavy atom. The maximum atomic E-state index is 13.1. The lowest BCUT2D eigenvalue weighted by atomic mass is 9.85. The number of fused-ring (bicyclic) bond motifs is 6. The van der Waals surface area contributed by atoms with Crippen LogP contribution >= 0.6 is 23.1 Å². The zero-order valence-corrected chi connectivity index (χ0v) is 20.8. The number of ether oxygens (including phenoxy) is 1. The maximum absolute atomic E-state index is 13.1. The van der Waals surface area contributed by atoms with E-state index in [-0.39, 0.29) is 47.1 Å². The van der Waals surface area contributed by atoms with E-state index >= 15 is 0 Å². The lowest BCUT2D eigenvalue weighted by Crippen LogP contribution is -2.32. The van der Waals surface area contributed by atoms with Crippen LogP contribution in [0.1, 0.15) is 16.8 Å². The van der Waals surface area contributed by atoms with Crippen molar-refractivity contribution in [2.45, 2.75) is 10.8 Å². The van der Waals surface area contributed by atoms with Crippen LogP contribution in [0.5, 0.6) is 0 Å². The monoisotopic (exact) mass is 519 g/mol. The van der Waals surface area contributed by atoms with Gasteiger partial charge in [-0.25, -0.2) is 14.7 Å². The summed E-state index contributed by atoms with van der Waals surface area (Å²) < 4.78 is 6.24. The van der Waals surface area contributed by atoms with E-state index in [1.165, 1.54) is 35.1 Å². The molecule has 0 radical (unpaired) electrons. The van der Waals surface area contributed by atoms with E-state index in [1.807, 2.05) is 12.1 Å². The SMILES string of the molecule is COC(=O)c1ccc(NC(=O)CSc2nc3ccc(N4C(=O)[C@@H]5[C@H](C4=O)[C@H]4C=C[C@@H]5C4)cc3s2)cc1. The number of amides is 3. The largest absolute Gasteiger partial charge is 0.465 e. The number of rotatable bonds is 6. The summed E-state index contributed by atoms with van der Waals surface area (Å²) in [6.07, 6.45) is 5.08. The molecule has 2 fully saturated rings. The van der Waals surface area contributed by atoms with Gasteiger partial charge >= 0.3 is 5.97 Å². The second-order valence-corrected chi connectivity index (χ2v) is 11.3. The molecule has 1 aromatic heterocycles. The molecule has 3 aromatic rings. The number of methoxy groups -OCH3 is 1. The van der Waals surface area contributed by atoms with Crippen LogP contribution in [0.4, 0.5) is 11.4 Å². The smallest absolute Gasteiger partial charge is 0.337 e. The minimum Gasteiger partial charge on any atom is -0.465 e. The standard InChI is InChI=1S/C26H21N3O5S2/c1-34-25(33)13-4-6-16(7-5-13)27-20(30)12-35-26-28-18-9-8-17(11-19(18)36-26)29-23(31)21-14-2-3-15(10-14)22(21)24(29)32/h2-9,11,14-15,21-22H,10,12H2,1H3,(H,27,30)/t14-,15+,21+,22-. The van der Waals surface area contributed by atoms with Gasteiger partial charge in [0.05, 0.1) is 46.2 Å². The van der Waals surface area contributed by atoms with Crippen LogP contribution in [0.2, 0.25) is 0 Å². The van der Waals surface area contributed by atoms with Gasteiger partial charge in [0.25, 0.3) is 0 Å². The Labute approximate surface area is 214 Å². The first-order valence-corrected chi connectivity index (χ1v) is 13.3. The minimum absolute atomic E-state index is 0.100. The number of anilines is 2. The van der Waals surface area contributed by atoms with Gasteiger partial charge in [-0.1, -0.05) is 23.9 Å². The Kier molecular flexibility index (Phi) is 5.65. The Hall–Kier alpha value is -3.50. The highest BCUT2D eigenvalue weighted by molar-refractivity contribution is 8.01. The second kappa shape index (κ2) is 8.86. The Bertz CT molecular complexity index is 1420. The van der Waals surface area contributed by atoms with Crippen molar-refractivity contribution in [2.24, 2.45) is 23.7 Å². The van der Waals surface area contributed by atoms with Crippen LogP contribution in [0.25, 0.3) is 10.2 Å². The van der Waals surface area contributed by atoms with E-state index in [9.17, 15) is 19.2 Å². The number of esters is 1. The summed E-state index contributed by atoms with van der Waals surface area (Å²) in [5.41, 5.74) is 2.32. The molecule has 0 unspecified atom stereocenters. The fraction of sp³-hybridized carbons (Fsp3) is 0.269. The summed E-state index contributed by atoms with van der Waals surface area (Å²) in [4.78, 5) is 56.1. The average molecular weight is 520 g/mol. The van der Waals surface area contributed by atoms with Crippen molar-refractivity contribution in [3.8, 4) is 0 Å². The van der Waals surface area contributed by atoms with E-state index in [0.29, 0.717) is 16.9 Å². The summed E-state index contributed by atoms with van der Waals surface area (Å²) in [5, 5.41) is 2.80. The van der Waals surface area contributed by atoms with Crippen LogP contribution in [-0.2, 0) is 19.1 Å². The van der Waals surface area contributed by atoms with Gasteiger partial charge < -0.3 is 10.1 Å². The molecule has 182 valence electrons. The zero-order valence-electron chi connectivity index (χ0n) is 19.2. The van der Waals surface area contributed by atoms with Crippen LogP contribution in [0.15, 0.2) is 59.0 Å². The highest BCUT2D eigenvalue weighted by Crippen LogP contribution is 2.53. The average Bonchev–Trinajstić information content (AvgIpc) is 3.65. The number of thioether (sulfide) groups is 1. The predicted molar refractivity (Wildman–Crippen MR) is 137 cm³/mol. The van der Waals surface area contributed by atoms with Crippen molar-refractivity contribution in [2.75, 3.05) is 23.1 Å². The molecule has 1 aliphatic heterocycles. The summed E-state index contributed by atoms with van der Waals surface area (Å²) in [5.74, 6) is -0.790. The summed E-state index contributed by atoms with van der Waals surface area (Å²) in [6.45, 7) is 0. The third-order valence-electron chi connectivity index (χ3n) is 7.00. The number of nitrogens with zero attached hydrogens (tertiary/aromatic N) is 2. The number of hydrogen-bond donors (Lipinski definition) is 1. The predicted octanol–water partition coefficient (Wildman–Crippen LogP) is 4.13. The normalized spacial score (nSPS) is 24.0. The molecular formula is C26H21N3O5S2. The van der Waals surface area contributed by atoms with Crippen LogP contribution in [-0.4, -0.2) is 41.5 Å². The minimum atomic E-state index is -0.437. The van der Waals surface area contributed by atoms with Crippen molar-refractivity contribution < 1.29 is 23.9 Å². The molecule has 3 amide bonds. The van der Waals surface area contributed by atoms with E-state index in [0.717, 1.165) is 21.0 Å². The molecule has 1 N–H and O–H groups in total. The first kappa shape index (κ1) is 22.9. The van der Waals surface area contributed by atoms with E-state index in [1.54, 1.807) is 30.3 Å². The molecule has 2 bridgehead atoms. The van der Waals surface area contributed by atoms with Crippen LogP contribution in [0, 0.1) is 23.7 Å². The first-order chi connectivity index (χ1) is 17.4. The second-order valence-electron chi connectivity index (χ2n) is 9.05. The first-order valence-electron chi connectivity index (χ1n) is 11.5. The van der Waals surface area contributed by atoms with E-state index in [2.05, 4.69) is 27.2 Å². The molecule has 3 aliphatic rings. The lowest BCUT2D eigenvalue weighted by Gasteiger charge is -2.17. The number of allylic oxidation sites excluding steroid dienone is 2. The summed E-state index contributed by atoms with van der Waals surface area (Å²) in [6, 6.07) is 11.9. The molecule has 1 saturated heterocycles. The number of thiazole rings is 1. The van der Waals surface area contributed by atoms with Crippen LogP contribution in [0.3, 0.4) is 0 Å². The van der Waals surface area contributed by atoms with Crippen molar-refractivity contribution in [3.63, 3.8) is 0 Å². The molecule has 10 heteroatoms. The van der Waals surface area contributed by atoms with Gasteiger partial charge in [-0.15, -0.1) is 11.3 Å². The van der Waals surface area contributed by atoms with Gasteiger partial charge in [-0.2, -0.15) is 0 Å². The molecule has 8 nitrogen and oxygen atoms in total. The summed E-state index contributed by atoms with van der Waals surface area (Å²) in [7, 11) is 1.31. The zero-order chi connectivity index (χ0) is 25.0. The third-order valence-corrected chi connectivity index (χ3v) is 9.16. The van der Waals surface area contributed by atoms with E-state index < -0.39 is 5.97 Å². The number of nitrogens with one attached hydrogen (secondary N) is 1. The molecule has 2 heterocycles. The molecule has 36 heavy (non-hydrogen) atoms. The Morgan fingerprint density at radius 3 is 2.44 bits per heavy atom. The van der Waals surface area contributed by atoms with Gasteiger partial charge in [0, 0.05) is 5.69 Å². The molecule has 6 rings (SSSR count). The molecule has 2 aliphatic carbocycles. The van der Waals surface area contributed by atoms with Crippen molar-refractivity contribution in [1.29, 1.82) is 0 Å². The van der Waals surface area contributed by atoms with Gasteiger partial charge in [-0.05, 0) is 60.7 Å². The van der Waals surface area contributed by atoms with Gasteiger partial charge in [-0.3, -0.25) is 14.4 Å². The number of imide groups is 1. The maximum Gasteiger partial charge on any atom is 0.337 e. The fourth-order valence-corrected chi connectivity index (χ4v) is 7.28. The topological polar surface area (TPSA) is 106 Å². The Balaban J connectivity index is 1.12. The molecular weight excluding hydrogens is 498 g/mol. The van der Waals surface area contributed by atoms with Gasteiger partial charge in [0.15, 0.2) is 4.34 Å². The van der Waals surface area contributed by atoms with E-state index in [4.69, 9.17) is 0 Å². The van der Waals surface area contributed by atoms with Gasteiger partial charge in [0.1, 0.15) is 0 Å². The molecule has 4 atom stereocenters.